The second kappa shape index (κ2) is 6.14. The highest BCUT2D eigenvalue weighted by molar-refractivity contribution is 5.81. The highest BCUT2D eigenvalue weighted by Crippen LogP contribution is 2.19. The number of nitrogens with zero attached hydrogens (tertiary/aromatic N) is 3. The summed E-state index contributed by atoms with van der Waals surface area (Å²) >= 11 is 0. The Morgan fingerprint density at radius 3 is 2.79 bits per heavy atom. The fourth-order valence-electron chi connectivity index (χ4n) is 2.33. The van der Waals surface area contributed by atoms with Crippen molar-refractivity contribution in [3.63, 3.8) is 0 Å². The first kappa shape index (κ1) is 14.0. The van der Waals surface area contributed by atoms with Gasteiger partial charge in [-0.3, -0.25) is 16.0 Å². The molecule has 5 nitrogen and oxygen atoms in total. The highest BCUT2D eigenvalue weighted by atomic mass is 15.3. The topological polar surface area (TPSA) is 59.1 Å². The zero-order chi connectivity index (χ0) is 13.8. The Kier molecular flexibility index (Phi) is 4.52. The van der Waals surface area contributed by atoms with Gasteiger partial charge in [0, 0.05) is 24.9 Å². The van der Waals surface area contributed by atoms with Crippen molar-refractivity contribution in [3.8, 4) is 0 Å². The molecule has 0 saturated carbocycles. The van der Waals surface area contributed by atoms with Gasteiger partial charge in [0.05, 0.1) is 11.2 Å². The van der Waals surface area contributed by atoms with Crippen LogP contribution in [0.15, 0.2) is 24.3 Å². The van der Waals surface area contributed by atoms with E-state index in [0.29, 0.717) is 0 Å². The van der Waals surface area contributed by atoms with Gasteiger partial charge < -0.3 is 4.90 Å². The smallest absolute Gasteiger partial charge is 0.0719 e. The quantitative estimate of drug-likeness (QED) is 0.599. The molecule has 0 amide bonds. The van der Waals surface area contributed by atoms with E-state index in [0.717, 1.165) is 25.1 Å². The number of hydrazine groups is 1. The van der Waals surface area contributed by atoms with Gasteiger partial charge in [-0.25, -0.2) is 0 Å². The lowest BCUT2D eigenvalue weighted by Gasteiger charge is -2.17. The number of hydrogen-bond acceptors (Lipinski definition) is 4. The van der Waals surface area contributed by atoms with Crippen molar-refractivity contribution in [3.05, 3.63) is 30.0 Å². The third kappa shape index (κ3) is 3.32. The Labute approximate surface area is 114 Å². The molecule has 2 rings (SSSR count). The van der Waals surface area contributed by atoms with E-state index >= 15 is 0 Å². The molecule has 0 spiro atoms. The lowest BCUT2D eigenvalue weighted by Crippen LogP contribution is -2.39. The first-order chi connectivity index (χ1) is 9.11. The van der Waals surface area contributed by atoms with Crippen LogP contribution in [0.4, 0.5) is 0 Å². The molecule has 0 aliphatic rings. The highest BCUT2D eigenvalue weighted by Gasteiger charge is 2.14. The Bertz CT molecular complexity index is 532. The van der Waals surface area contributed by atoms with Crippen molar-refractivity contribution in [2.75, 3.05) is 20.6 Å². The summed E-state index contributed by atoms with van der Waals surface area (Å²) in [5.41, 5.74) is 5.18. The SMILES string of the molecule is CN(C)CCC(Cc1nn(C)c2ccccc12)NN. The first-order valence-corrected chi connectivity index (χ1v) is 6.63. The van der Waals surface area contributed by atoms with Gasteiger partial charge in [-0.15, -0.1) is 0 Å². The lowest BCUT2D eigenvalue weighted by molar-refractivity contribution is 0.357. The molecule has 1 heterocycles. The number of nitrogens with one attached hydrogen (secondary N) is 1. The molecule has 0 radical (unpaired) electrons. The molecule has 1 unspecified atom stereocenters. The Morgan fingerprint density at radius 2 is 2.11 bits per heavy atom. The minimum atomic E-state index is 0.251. The van der Waals surface area contributed by atoms with Crippen LogP contribution in [0.5, 0.6) is 0 Å². The van der Waals surface area contributed by atoms with Gasteiger partial charge in [-0.1, -0.05) is 18.2 Å². The van der Waals surface area contributed by atoms with Crippen LogP contribution in [0.2, 0.25) is 0 Å². The largest absolute Gasteiger partial charge is 0.309 e. The van der Waals surface area contributed by atoms with E-state index in [1.807, 2.05) is 17.8 Å². The van der Waals surface area contributed by atoms with Crippen LogP contribution in [0.25, 0.3) is 10.9 Å². The molecule has 3 N–H and O–H groups in total. The van der Waals surface area contributed by atoms with E-state index in [2.05, 4.69) is 47.7 Å². The maximum Gasteiger partial charge on any atom is 0.0719 e. The number of para-hydroxylation sites is 1. The second-order valence-electron chi connectivity index (χ2n) is 5.25. The van der Waals surface area contributed by atoms with E-state index in [4.69, 9.17) is 5.84 Å². The third-order valence-electron chi connectivity index (χ3n) is 3.43. The number of rotatable bonds is 6. The van der Waals surface area contributed by atoms with Crippen molar-refractivity contribution >= 4 is 10.9 Å². The van der Waals surface area contributed by atoms with Crippen LogP contribution in [0.1, 0.15) is 12.1 Å². The number of aromatic nitrogens is 2. The normalized spacial score (nSPS) is 13.3. The molecule has 5 heteroatoms. The predicted octanol–water partition coefficient (Wildman–Crippen LogP) is 0.899. The van der Waals surface area contributed by atoms with Gasteiger partial charge in [0.2, 0.25) is 0 Å². The van der Waals surface area contributed by atoms with Crippen molar-refractivity contribution in [2.45, 2.75) is 18.9 Å². The molecule has 0 saturated heterocycles. The van der Waals surface area contributed by atoms with Crippen molar-refractivity contribution in [1.82, 2.24) is 20.1 Å². The molecule has 1 aromatic heterocycles. The molecule has 0 aliphatic carbocycles. The standard InChI is InChI=1S/C14H23N5/c1-18(2)9-8-11(16-15)10-13-12-6-4-5-7-14(12)19(3)17-13/h4-7,11,16H,8-10,15H2,1-3H3. The van der Waals surface area contributed by atoms with Gasteiger partial charge in [0.1, 0.15) is 0 Å². The number of hydrogen-bond donors (Lipinski definition) is 2. The van der Waals surface area contributed by atoms with Crippen LogP contribution >= 0.6 is 0 Å². The molecular weight excluding hydrogens is 238 g/mol. The van der Waals surface area contributed by atoms with E-state index in [-0.39, 0.29) is 6.04 Å². The summed E-state index contributed by atoms with van der Waals surface area (Å²) in [4.78, 5) is 2.17. The molecule has 2 aromatic rings. The molecular formula is C14H23N5. The van der Waals surface area contributed by atoms with E-state index in [1.165, 1.54) is 10.9 Å². The molecule has 1 atom stereocenters. The molecule has 104 valence electrons. The Hall–Kier alpha value is -1.43. The first-order valence-electron chi connectivity index (χ1n) is 6.63. The fraction of sp³-hybridized carbons (Fsp3) is 0.500. The van der Waals surface area contributed by atoms with Crippen LogP contribution in [-0.2, 0) is 13.5 Å². The van der Waals surface area contributed by atoms with Crippen LogP contribution in [-0.4, -0.2) is 41.4 Å². The van der Waals surface area contributed by atoms with E-state index in [1.54, 1.807) is 0 Å². The molecule has 0 fully saturated rings. The lowest BCUT2D eigenvalue weighted by atomic mass is 10.1. The second-order valence-corrected chi connectivity index (χ2v) is 5.25. The van der Waals surface area contributed by atoms with Gasteiger partial charge in [-0.05, 0) is 33.1 Å². The average molecular weight is 261 g/mol. The maximum atomic E-state index is 5.65. The van der Waals surface area contributed by atoms with E-state index < -0.39 is 0 Å². The van der Waals surface area contributed by atoms with Gasteiger partial charge >= 0.3 is 0 Å². The number of aryl methyl sites for hydroxylation is 1. The summed E-state index contributed by atoms with van der Waals surface area (Å²) < 4.78 is 1.93. The zero-order valence-corrected chi connectivity index (χ0v) is 11.9. The van der Waals surface area contributed by atoms with Gasteiger partial charge in [0.15, 0.2) is 0 Å². The minimum absolute atomic E-state index is 0.251. The molecule has 1 aromatic carbocycles. The zero-order valence-electron chi connectivity index (χ0n) is 11.9. The van der Waals surface area contributed by atoms with Crippen LogP contribution in [0, 0.1) is 0 Å². The summed E-state index contributed by atoms with van der Waals surface area (Å²) in [6.07, 6.45) is 1.86. The minimum Gasteiger partial charge on any atom is -0.309 e. The molecule has 19 heavy (non-hydrogen) atoms. The van der Waals surface area contributed by atoms with Gasteiger partial charge in [0.25, 0.3) is 0 Å². The van der Waals surface area contributed by atoms with Crippen molar-refractivity contribution in [2.24, 2.45) is 12.9 Å². The number of benzene rings is 1. The summed E-state index contributed by atoms with van der Waals surface area (Å²) in [5, 5.41) is 5.83. The van der Waals surface area contributed by atoms with Crippen LogP contribution < -0.4 is 11.3 Å². The third-order valence-corrected chi connectivity index (χ3v) is 3.43. The Morgan fingerprint density at radius 1 is 1.37 bits per heavy atom. The molecule has 0 aliphatic heterocycles. The van der Waals surface area contributed by atoms with E-state index in [9.17, 15) is 0 Å². The average Bonchev–Trinajstić information content (AvgIpc) is 2.72. The summed E-state index contributed by atoms with van der Waals surface area (Å²) in [6, 6.07) is 8.56. The predicted molar refractivity (Wildman–Crippen MR) is 78.7 cm³/mol. The Balaban J connectivity index is 2.15. The summed E-state index contributed by atoms with van der Waals surface area (Å²) in [6.45, 7) is 1.01. The number of fused-ring (bicyclic) bond motifs is 1. The fourth-order valence-corrected chi connectivity index (χ4v) is 2.33. The monoisotopic (exact) mass is 261 g/mol. The van der Waals surface area contributed by atoms with Crippen molar-refractivity contribution in [1.29, 1.82) is 0 Å². The number of nitrogens with two attached hydrogens (primary N) is 1. The molecule has 0 bridgehead atoms. The van der Waals surface area contributed by atoms with Crippen molar-refractivity contribution < 1.29 is 0 Å². The van der Waals surface area contributed by atoms with Crippen LogP contribution in [0.3, 0.4) is 0 Å². The summed E-state index contributed by atoms with van der Waals surface area (Å²) in [7, 11) is 6.13. The summed E-state index contributed by atoms with van der Waals surface area (Å²) in [5.74, 6) is 5.65. The maximum absolute atomic E-state index is 5.65. The van der Waals surface area contributed by atoms with Gasteiger partial charge in [-0.2, -0.15) is 5.10 Å².